The minimum atomic E-state index is -1.45. The van der Waals surface area contributed by atoms with E-state index in [1.807, 2.05) is 0 Å². The Bertz CT molecular complexity index is 1820. The molecular weight excluding hydrogens is 835 g/mol. The zero-order chi connectivity index (χ0) is 49.0. The number of phenols is 1. The average Bonchev–Trinajstić information content (AvgIpc) is 3.20. The van der Waals surface area contributed by atoms with Crippen molar-refractivity contribution in [1.29, 1.82) is 0 Å². The van der Waals surface area contributed by atoms with Crippen molar-refractivity contribution in [2.45, 2.75) is 136 Å². The number of primary amides is 2. The van der Waals surface area contributed by atoms with E-state index < -0.39 is 119 Å². The molecule has 0 saturated heterocycles. The molecule has 23 heteroatoms. The average molecular weight is 904 g/mol. The number of carbonyl (C=O) groups is 9. The fraction of sp³-hybridized carbons (Fsp3) is 0.610. The molecule has 8 atom stereocenters. The first-order valence-corrected chi connectivity index (χ1v) is 21.0. The highest BCUT2D eigenvalue weighted by molar-refractivity contribution is 5.98. The molecule has 0 aromatic heterocycles. The van der Waals surface area contributed by atoms with Gasteiger partial charge in [0.25, 0.3) is 0 Å². The van der Waals surface area contributed by atoms with Crippen LogP contribution in [-0.2, 0) is 49.6 Å². The first-order valence-electron chi connectivity index (χ1n) is 21.0. The van der Waals surface area contributed by atoms with Crippen LogP contribution in [0.2, 0.25) is 0 Å². The number of nitrogens with one attached hydrogen (secondary N) is 7. The predicted molar refractivity (Wildman–Crippen MR) is 237 cm³/mol. The Hall–Kier alpha value is -6.52. The van der Waals surface area contributed by atoms with Crippen LogP contribution in [0.25, 0.3) is 0 Å². The molecule has 0 bridgehead atoms. The quantitative estimate of drug-likeness (QED) is 0.0232. The molecule has 0 aliphatic rings. The lowest BCUT2D eigenvalue weighted by Crippen LogP contribution is -2.61. The molecule has 0 spiro atoms. The summed E-state index contributed by atoms with van der Waals surface area (Å²) in [6.45, 7) is 12.6. The summed E-state index contributed by atoms with van der Waals surface area (Å²) < 4.78 is 0. The van der Waals surface area contributed by atoms with Crippen LogP contribution < -0.4 is 65.9 Å². The molecule has 0 saturated carbocycles. The van der Waals surface area contributed by atoms with Crippen LogP contribution in [0, 0.1) is 17.8 Å². The number of guanidine groups is 1. The van der Waals surface area contributed by atoms with Gasteiger partial charge >= 0.3 is 0 Å². The van der Waals surface area contributed by atoms with Gasteiger partial charge in [0.2, 0.25) is 53.2 Å². The van der Waals surface area contributed by atoms with Gasteiger partial charge in [-0.1, -0.05) is 53.7 Å². The maximum Gasteiger partial charge on any atom is 0.243 e. The fourth-order valence-corrected chi connectivity index (χ4v) is 5.98. The molecule has 0 heterocycles. The maximum atomic E-state index is 13.9. The first-order chi connectivity index (χ1) is 29.7. The Labute approximate surface area is 373 Å². The number of aliphatic imine (C=N–C) groups is 1. The van der Waals surface area contributed by atoms with Gasteiger partial charge in [-0.2, -0.15) is 0 Å². The molecule has 0 unspecified atom stereocenters. The minimum Gasteiger partial charge on any atom is -0.508 e. The second-order valence-corrected chi connectivity index (χ2v) is 16.6. The molecule has 64 heavy (non-hydrogen) atoms. The molecular formula is C41H69N13O10. The molecule has 1 rings (SSSR count). The van der Waals surface area contributed by atoms with E-state index in [0.29, 0.717) is 5.56 Å². The van der Waals surface area contributed by atoms with Crippen molar-refractivity contribution in [3.05, 3.63) is 29.8 Å². The van der Waals surface area contributed by atoms with Crippen molar-refractivity contribution >= 4 is 59.1 Å². The second kappa shape index (κ2) is 26.8. The number of amides is 9. The maximum absolute atomic E-state index is 13.9. The molecule has 1 aromatic carbocycles. The molecule has 23 nitrogen and oxygen atoms in total. The number of hydrogen-bond donors (Lipinski definition) is 13. The third-order valence-corrected chi connectivity index (χ3v) is 9.90. The van der Waals surface area contributed by atoms with E-state index in [9.17, 15) is 48.3 Å². The summed E-state index contributed by atoms with van der Waals surface area (Å²) in [6.07, 6.45) is -0.377. The summed E-state index contributed by atoms with van der Waals surface area (Å²) in [5, 5.41) is 27.4. The van der Waals surface area contributed by atoms with E-state index in [4.69, 9.17) is 28.7 Å². The lowest BCUT2D eigenvalue weighted by molar-refractivity contribution is -0.137. The Balaban J connectivity index is 3.27. The lowest BCUT2D eigenvalue weighted by atomic mass is 9.98. The highest BCUT2D eigenvalue weighted by atomic mass is 16.3. The number of carbonyl (C=O) groups excluding carboxylic acids is 9. The SMILES string of the molecule is CC(C)[C@H](NC(=O)[C@H](CCCN=C(N)N)NC(=O)[C@H](C)NC(=O)[C@@H](N)Cc1ccc(O)cc1)C(=O)N[C@@H](CCC(N)=O)C(=O)N[C@H](C(=O)N[C@H](C(=O)N[C@@H](C)C(N)=O)C(C)C)C(C)C. The van der Waals surface area contributed by atoms with Crippen molar-refractivity contribution in [1.82, 2.24) is 37.2 Å². The van der Waals surface area contributed by atoms with E-state index in [1.165, 1.54) is 26.0 Å². The monoisotopic (exact) mass is 904 g/mol. The van der Waals surface area contributed by atoms with Gasteiger partial charge in [0, 0.05) is 13.0 Å². The van der Waals surface area contributed by atoms with Crippen molar-refractivity contribution in [3.63, 3.8) is 0 Å². The number of hydrogen-bond acceptors (Lipinski definition) is 12. The third-order valence-electron chi connectivity index (χ3n) is 9.90. The second-order valence-electron chi connectivity index (χ2n) is 16.6. The molecule has 0 aliphatic heterocycles. The smallest absolute Gasteiger partial charge is 0.243 e. The third kappa shape index (κ3) is 19.7. The normalized spacial score (nSPS) is 14.9. The molecule has 358 valence electrons. The van der Waals surface area contributed by atoms with E-state index in [1.54, 1.807) is 53.7 Å². The molecule has 0 fully saturated rings. The fourth-order valence-electron chi connectivity index (χ4n) is 5.98. The van der Waals surface area contributed by atoms with Crippen molar-refractivity contribution in [3.8, 4) is 5.75 Å². The van der Waals surface area contributed by atoms with Crippen LogP contribution in [0.15, 0.2) is 29.3 Å². The Morgan fingerprint density at radius 1 is 0.547 bits per heavy atom. The van der Waals surface area contributed by atoms with E-state index in [0.717, 1.165) is 0 Å². The van der Waals surface area contributed by atoms with Gasteiger partial charge in [0.05, 0.1) is 6.04 Å². The highest BCUT2D eigenvalue weighted by Crippen LogP contribution is 2.13. The molecule has 0 aliphatic carbocycles. The van der Waals surface area contributed by atoms with Crippen molar-refractivity contribution in [2.24, 2.45) is 51.4 Å². The lowest BCUT2D eigenvalue weighted by Gasteiger charge is -2.30. The largest absolute Gasteiger partial charge is 0.508 e. The van der Waals surface area contributed by atoms with E-state index >= 15 is 0 Å². The molecule has 18 N–H and O–H groups in total. The Morgan fingerprint density at radius 3 is 1.42 bits per heavy atom. The van der Waals surface area contributed by atoms with Gasteiger partial charge < -0.3 is 71.0 Å². The van der Waals surface area contributed by atoms with E-state index in [2.05, 4.69) is 42.2 Å². The van der Waals surface area contributed by atoms with Gasteiger partial charge in [-0.3, -0.25) is 48.1 Å². The summed E-state index contributed by atoms with van der Waals surface area (Å²) in [7, 11) is 0. The number of benzene rings is 1. The Kier molecular flexibility index (Phi) is 23.3. The number of aromatic hydroxyl groups is 1. The number of phenolic OH excluding ortho intramolecular Hbond substituents is 1. The van der Waals surface area contributed by atoms with Crippen LogP contribution in [0.4, 0.5) is 0 Å². The highest BCUT2D eigenvalue weighted by Gasteiger charge is 2.36. The summed E-state index contributed by atoms with van der Waals surface area (Å²) in [6, 6.07) is -3.61. The van der Waals surface area contributed by atoms with Crippen molar-refractivity contribution in [2.75, 3.05) is 6.54 Å². The number of rotatable bonds is 27. The van der Waals surface area contributed by atoms with Gasteiger partial charge in [0.1, 0.15) is 48.0 Å². The summed E-state index contributed by atoms with van der Waals surface area (Å²) in [4.78, 5) is 122. The van der Waals surface area contributed by atoms with Crippen LogP contribution >= 0.6 is 0 Å². The van der Waals surface area contributed by atoms with Crippen LogP contribution in [0.5, 0.6) is 5.75 Å². The van der Waals surface area contributed by atoms with Gasteiger partial charge in [0.15, 0.2) is 5.96 Å². The number of nitrogens with zero attached hydrogens (tertiary/aromatic N) is 1. The van der Waals surface area contributed by atoms with Crippen molar-refractivity contribution < 1.29 is 48.3 Å². The molecule has 1 aromatic rings. The predicted octanol–water partition coefficient (Wildman–Crippen LogP) is -3.53. The van der Waals surface area contributed by atoms with E-state index in [-0.39, 0.29) is 50.4 Å². The summed E-state index contributed by atoms with van der Waals surface area (Å²) in [5.41, 5.74) is 28.3. The summed E-state index contributed by atoms with van der Waals surface area (Å²) >= 11 is 0. The zero-order valence-electron chi connectivity index (χ0n) is 37.9. The van der Waals surface area contributed by atoms with Crippen LogP contribution in [0.3, 0.4) is 0 Å². The molecule has 9 amide bonds. The van der Waals surface area contributed by atoms with Gasteiger partial charge in [-0.25, -0.2) is 0 Å². The van der Waals surface area contributed by atoms with Crippen LogP contribution in [0.1, 0.15) is 86.6 Å². The summed E-state index contributed by atoms with van der Waals surface area (Å²) in [5.74, 6) is -8.77. The topological polar surface area (TPSA) is 401 Å². The Morgan fingerprint density at radius 2 is 0.969 bits per heavy atom. The number of nitrogens with two attached hydrogens (primary N) is 5. The van der Waals surface area contributed by atoms with Crippen LogP contribution in [-0.4, -0.2) is 119 Å². The van der Waals surface area contributed by atoms with Gasteiger partial charge in [-0.15, -0.1) is 0 Å². The zero-order valence-corrected chi connectivity index (χ0v) is 37.9. The standard InChI is InChI=1S/C41H69N13O10/c1-19(2)30(38(62)48-22(7)33(44)57)54-40(64)32(21(5)6)53-37(61)28(15-16-29(43)56)51-39(63)31(20(3)4)52-36(60)27(10-9-17-47-41(45)46)50-34(58)23(8)49-35(59)26(42)18-24-11-13-25(55)14-12-24/h11-14,19-23,26-28,30-32,55H,9-10,15-18,42H2,1-8H3,(H2,43,56)(H2,44,57)(H,48,62)(H,49,59)(H,50,58)(H,51,63)(H,52,60)(H,53,61)(H,54,64)(H4,45,46,47)/t22-,23-,26-,27-,28-,30-,31-,32-/m0/s1. The first kappa shape index (κ1) is 55.5. The van der Waals surface area contributed by atoms with Gasteiger partial charge in [-0.05, 0) is 75.0 Å². The minimum absolute atomic E-state index is 0.0202. The molecule has 0 radical (unpaired) electrons.